The van der Waals surface area contributed by atoms with Crippen LogP contribution in [0.2, 0.25) is 0 Å². The van der Waals surface area contributed by atoms with Crippen LogP contribution >= 0.6 is 15.9 Å². The van der Waals surface area contributed by atoms with Gasteiger partial charge in [0.05, 0.1) is 13.2 Å². The average Bonchev–Trinajstić information content (AvgIpc) is 2.35. The van der Waals surface area contributed by atoms with Gasteiger partial charge in [0, 0.05) is 35.9 Å². The Morgan fingerprint density at radius 3 is 2.78 bits per heavy atom. The second-order valence-electron chi connectivity index (χ2n) is 4.27. The summed E-state index contributed by atoms with van der Waals surface area (Å²) in [5.74, 6) is 0.170. The topological polar surface area (TPSA) is 38.7 Å². The van der Waals surface area contributed by atoms with Crippen LogP contribution in [0.3, 0.4) is 0 Å². The molecule has 0 radical (unpaired) electrons. The second kappa shape index (κ2) is 6.50. The van der Waals surface area contributed by atoms with Gasteiger partial charge in [0.25, 0.3) is 0 Å². The van der Waals surface area contributed by atoms with Crippen molar-refractivity contribution in [2.24, 2.45) is 0 Å². The molecule has 1 aliphatic heterocycles. The Labute approximate surface area is 114 Å². The normalized spacial score (nSPS) is 16.8. The highest BCUT2D eigenvalue weighted by Gasteiger charge is 2.19. The predicted octanol–water partition coefficient (Wildman–Crippen LogP) is 2.68. The second-order valence-corrected chi connectivity index (χ2v) is 5.18. The number of rotatable bonds is 4. The van der Waals surface area contributed by atoms with Crippen molar-refractivity contribution in [3.63, 3.8) is 0 Å². The van der Waals surface area contributed by atoms with Gasteiger partial charge in [0.1, 0.15) is 17.7 Å². The molecule has 18 heavy (non-hydrogen) atoms. The van der Waals surface area contributed by atoms with Crippen molar-refractivity contribution in [3.05, 3.63) is 28.0 Å². The number of aliphatic hydroxyl groups excluding tert-OH is 1. The Kier molecular flexibility index (Phi) is 4.97. The van der Waals surface area contributed by atoms with Gasteiger partial charge in [-0.3, -0.25) is 0 Å². The highest BCUT2D eigenvalue weighted by atomic mass is 79.9. The first-order valence-electron chi connectivity index (χ1n) is 6.04. The number of halogens is 2. The van der Waals surface area contributed by atoms with E-state index >= 15 is 0 Å². The van der Waals surface area contributed by atoms with E-state index in [9.17, 15) is 4.39 Å². The maximum absolute atomic E-state index is 13.8. The van der Waals surface area contributed by atoms with Crippen LogP contribution in [0.15, 0.2) is 16.6 Å². The molecule has 100 valence electrons. The van der Waals surface area contributed by atoms with E-state index in [-0.39, 0.29) is 24.9 Å². The van der Waals surface area contributed by atoms with Crippen LogP contribution in [0.25, 0.3) is 0 Å². The van der Waals surface area contributed by atoms with E-state index in [0.717, 1.165) is 12.8 Å². The first-order chi connectivity index (χ1) is 8.70. The van der Waals surface area contributed by atoms with Gasteiger partial charge in [-0.15, -0.1) is 0 Å². The quantitative estimate of drug-likeness (QED) is 0.927. The number of aliphatic hydroxyl groups is 1. The first-order valence-corrected chi connectivity index (χ1v) is 6.83. The van der Waals surface area contributed by atoms with Crippen LogP contribution in [0.1, 0.15) is 18.4 Å². The summed E-state index contributed by atoms with van der Waals surface area (Å²) < 4.78 is 25.5. The lowest BCUT2D eigenvalue weighted by molar-refractivity contribution is 0.0249. The van der Waals surface area contributed by atoms with Gasteiger partial charge in [-0.1, -0.05) is 15.9 Å². The predicted molar refractivity (Wildman–Crippen MR) is 69.4 cm³/mol. The van der Waals surface area contributed by atoms with Gasteiger partial charge in [0.15, 0.2) is 0 Å². The lowest BCUT2D eigenvalue weighted by Crippen LogP contribution is -2.26. The Bertz CT molecular complexity index is 405. The molecule has 0 aromatic heterocycles. The van der Waals surface area contributed by atoms with Crippen molar-refractivity contribution in [3.8, 4) is 5.75 Å². The summed E-state index contributed by atoms with van der Waals surface area (Å²) in [4.78, 5) is 0. The van der Waals surface area contributed by atoms with E-state index in [0.29, 0.717) is 29.0 Å². The Morgan fingerprint density at radius 2 is 2.11 bits per heavy atom. The Morgan fingerprint density at radius 1 is 1.39 bits per heavy atom. The summed E-state index contributed by atoms with van der Waals surface area (Å²) in [5, 5.41) is 8.99. The van der Waals surface area contributed by atoms with E-state index in [1.54, 1.807) is 6.07 Å². The molecule has 0 spiro atoms. The van der Waals surface area contributed by atoms with Crippen LogP contribution in [-0.2, 0) is 11.2 Å². The zero-order valence-electron chi connectivity index (χ0n) is 9.99. The molecule has 0 amide bonds. The third-order valence-corrected chi connectivity index (χ3v) is 3.40. The molecule has 1 saturated heterocycles. The average molecular weight is 319 g/mol. The Balaban J connectivity index is 2.18. The maximum atomic E-state index is 13.8. The van der Waals surface area contributed by atoms with Crippen molar-refractivity contribution < 1.29 is 19.0 Å². The Hall–Kier alpha value is -0.650. The number of ether oxygens (including phenoxy) is 2. The van der Waals surface area contributed by atoms with E-state index in [1.165, 1.54) is 6.07 Å². The number of hydrogen-bond donors (Lipinski definition) is 1. The lowest BCUT2D eigenvalue weighted by atomic mass is 10.1. The van der Waals surface area contributed by atoms with Gasteiger partial charge in [-0.2, -0.15) is 0 Å². The fraction of sp³-hybridized carbons (Fsp3) is 0.538. The van der Waals surface area contributed by atoms with Crippen LogP contribution in [0.4, 0.5) is 4.39 Å². The minimum atomic E-state index is -0.347. The third-order valence-electron chi connectivity index (χ3n) is 2.94. The SMILES string of the molecule is OCCc1c(F)cc(Br)cc1OC1CCOCC1. The van der Waals surface area contributed by atoms with E-state index < -0.39 is 0 Å². The highest BCUT2D eigenvalue weighted by molar-refractivity contribution is 9.10. The van der Waals surface area contributed by atoms with Crippen molar-refractivity contribution in [2.45, 2.75) is 25.4 Å². The third kappa shape index (κ3) is 3.43. The highest BCUT2D eigenvalue weighted by Crippen LogP contribution is 2.29. The molecule has 0 saturated carbocycles. The molecule has 0 aliphatic carbocycles. The van der Waals surface area contributed by atoms with Crippen LogP contribution in [0.5, 0.6) is 5.75 Å². The van der Waals surface area contributed by atoms with Gasteiger partial charge >= 0.3 is 0 Å². The minimum Gasteiger partial charge on any atom is -0.490 e. The molecule has 0 bridgehead atoms. The minimum absolute atomic E-state index is 0.0601. The molecule has 0 unspecified atom stereocenters. The van der Waals surface area contributed by atoms with Crippen molar-refractivity contribution in [1.29, 1.82) is 0 Å². The first kappa shape index (κ1) is 13.8. The van der Waals surface area contributed by atoms with Gasteiger partial charge in [0.2, 0.25) is 0 Å². The fourth-order valence-electron chi connectivity index (χ4n) is 2.01. The standard InChI is InChI=1S/C13H16BrFO3/c14-9-7-12(15)11(1-4-16)13(8-9)18-10-2-5-17-6-3-10/h7-8,10,16H,1-6H2. The number of hydrogen-bond acceptors (Lipinski definition) is 3. The van der Waals surface area contributed by atoms with Gasteiger partial charge < -0.3 is 14.6 Å². The lowest BCUT2D eigenvalue weighted by Gasteiger charge is -2.24. The van der Waals surface area contributed by atoms with Crippen LogP contribution < -0.4 is 4.74 Å². The molecule has 1 aliphatic rings. The molecule has 1 heterocycles. The summed E-state index contributed by atoms with van der Waals surface area (Å²) in [6.07, 6.45) is 1.95. The molecule has 1 fully saturated rings. The zero-order valence-corrected chi connectivity index (χ0v) is 11.6. The molecular weight excluding hydrogens is 303 g/mol. The molecule has 1 aromatic rings. The molecule has 1 N–H and O–H groups in total. The summed E-state index contributed by atoms with van der Waals surface area (Å²) in [5.41, 5.74) is 0.437. The van der Waals surface area contributed by atoms with E-state index in [1.807, 2.05) is 0 Å². The van der Waals surface area contributed by atoms with Crippen molar-refractivity contribution in [2.75, 3.05) is 19.8 Å². The zero-order chi connectivity index (χ0) is 13.0. The smallest absolute Gasteiger partial charge is 0.131 e. The summed E-state index contributed by atoms with van der Waals surface area (Å²) >= 11 is 3.26. The summed E-state index contributed by atoms with van der Waals surface area (Å²) in [7, 11) is 0. The van der Waals surface area contributed by atoms with Gasteiger partial charge in [-0.25, -0.2) is 4.39 Å². The summed E-state index contributed by atoms with van der Waals surface area (Å²) in [6.45, 7) is 1.26. The monoisotopic (exact) mass is 318 g/mol. The number of benzene rings is 1. The molecule has 3 nitrogen and oxygen atoms in total. The molecule has 1 aromatic carbocycles. The van der Waals surface area contributed by atoms with E-state index in [2.05, 4.69) is 15.9 Å². The summed E-state index contributed by atoms with van der Waals surface area (Å²) in [6, 6.07) is 3.14. The van der Waals surface area contributed by atoms with Crippen LogP contribution in [-0.4, -0.2) is 31.0 Å². The van der Waals surface area contributed by atoms with E-state index in [4.69, 9.17) is 14.6 Å². The van der Waals surface area contributed by atoms with Gasteiger partial charge in [-0.05, 0) is 12.1 Å². The van der Waals surface area contributed by atoms with Crippen molar-refractivity contribution in [1.82, 2.24) is 0 Å². The molecule has 2 rings (SSSR count). The van der Waals surface area contributed by atoms with Crippen molar-refractivity contribution >= 4 is 15.9 Å². The van der Waals surface area contributed by atoms with Crippen LogP contribution in [0, 0.1) is 5.82 Å². The molecule has 0 atom stereocenters. The maximum Gasteiger partial charge on any atom is 0.131 e. The largest absolute Gasteiger partial charge is 0.490 e. The fourth-order valence-corrected chi connectivity index (χ4v) is 2.42. The molecule has 5 heteroatoms. The molecular formula is C13H16BrFO3.